The summed E-state index contributed by atoms with van der Waals surface area (Å²) in [5.41, 5.74) is 0.455. The van der Waals surface area contributed by atoms with Crippen molar-refractivity contribution >= 4 is 0 Å². The first-order valence-electron chi connectivity index (χ1n) is 7.10. The van der Waals surface area contributed by atoms with E-state index in [2.05, 4.69) is 24.1 Å². The Bertz CT molecular complexity index is 234. The Kier molecular flexibility index (Phi) is 4.45. The second-order valence-electron chi connectivity index (χ2n) is 6.33. The van der Waals surface area contributed by atoms with Crippen LogP contribution < -0.4 is 5.32 Å². The zero-order valence-corrected chi connectivity index (χ0v) is 11.7. The topological polar surface area (TPSA) is 24.5 Å². The van der Waals surface area contributed by atoms with E-state index in [0.717, 1.165) is 0 Å². The van der Waals surface area contributed by atoms with Crippen LogP contribution in [0, 0.1) is 5.41 Å². The molecule has 2 rings (SSSR count). The summed E-state index contributed by atoms with van der Waals surface area (Å²) < 4.78 is 5.43. The first-order valence-corrected chi connectivity index (χ1v) is 7.10. The monoisotopic (exact) mass is 240 g/mol. The molecule has 3 heteroatoms. The lowest BCUT2D eigenvalue weighted by atomic mass is 9.77. The zero-order chi connectivity index (χ0) is 12.3. The van der Waals surface area contributed by atoms with Crippen molar-refractivity contribution in [3.8, 4) is 0 Å². The summed E-state index contributed by atoms with van der Waals surface area (Å²) in [6.07, 6.45) is 5.58. The minimum Gasteiger partial charge on any atom is -0.381 e. The third-order valence-corrected chi connectivity index (χ3v) is 4.64. The fourth-order valence-corrected chi connectivity index (χ4v) is 3.17. The molecular formula is C14H28N2O. The number of hydrogen-bond donors (Lipinski definition) is 1. The van der Waals surface area contributed by atoms with Gasteiger partial charge in [0.15, 0.2) is 0 Å². The van der Waals surface area contributed by atoms with Gasteiger partial charge in [0.25, 0.3) is 0 Å². The van der Waals surface area contributed by atoms with E-state index in [0.29, 0.717) is 17.6 Å². The van der Waals surface area contributed by atoms with Crippen molar-refractivity contribution in [2.75, 3.05) is 33.3 Å². The van der Waals surface area contributed by atoms with E-state index in [9.17, 15) is 0 Å². The highest BCUT2D eigenvalue weighted by Crippen LogP contribution is 2.31. The van der Waals surface area contributed by atoms with Gasteiger partial charge >= 0.3 is 0 Å². The molecule has 0 aromatic carbocycles. The molecule has 0 aliphatic carbocycles. The van der Waals surface area contributed by atoms with Crippen LogP contribution >= 0.6 is 0 Å². The highest BCUT2D eigenvalue weighted by atomic mass is 16.5. The van der Waals surface area contributed by atoms with Crippen LogP contribution in [-0.4, -0.2) is 50.3 Å². The zero-order valence-electron chi connectivity index (χ0n) is 11.7. The normalized spacial score (nSPS) is 31.6. The summed E-state index contributed by atoms with van der Waals surface area (Å²) in [7, 11) is 1.84. The molecule has 17 heavy (non-hydrogen) atoms. The average molecular weight is 240 g/mol. The van der Waals surface area contributed by atoms with Gasteiger partial charge in [0, 0.05) is 32.8 Å². The molecule has 0 aromatic rings. The first-order chi connectivity index (χ1) is 8.12. The second kappa shape index (κ2) is 5.68. The Labute approximate surface area is 106 Å². The second-order valence-corrected chi connectivity index (χ2v) is 6.33. The molecule has 2 fully saturated rings. The maximum absolute atomic E-state index is 5.43. The third-order valence-electron chi connectivity index (χ3n) is 4.64. The van der Waals surface area contributed by atoms with Crippen molar-refractivity contribution in [3.63, 3.8) is 0 Å². The third kappa shape index (κ3) is 3.43. The van der Waals surface area contributed by atoms with Gasteiger partial charge in [-0.25, -0.2) is 0 Å². The molecule has 0 spiro atoms. The highest BCUT2D eigenvalue weighted by molar-refractivity contribution is 4.91. The van der Waals surface area contributed by atoms with Crippen molar-refractivity contribution in [3.05, 3.63) is 0 Å². The van der Waals surface area contributed by atoms with Crippen LogP contribution in [0.25, 0.3) is 0 Å². The molecule has 0 saturated carbocycles. The minimum absolute atomic E-state index is 0.455. The molecule has 0 radical (unpaired) electrons. The van der Waals surface area contributed by atoms with Crippen molar-refractivity contribution < 1.29 is 4.74 Å². The molecule has 0 aromatic heterocycles. The molecule has 2 heterocycles. The average Bonchev–Trinajstić information content (AvgIpc) is 2.33. The lowest BCUT2D eigenvalue weighted by molar-refractivity contribution is 0.0293. The lowest BCUT2D eigenvalue weighted by Gasteiger charge is -2.43. The van der Waals surface area contributed by atoms with Crippen LogP contribution in [0.4, 0.5) is 0 Å². The van der Waals surface area contributed by atoms with Gasteiger partial charge in [-0.1, -0.05) is 13.8 Å². The molecule has 2 aliphatic heterocycles. The van der Waals surface area contributed by atoms with Crippen molar-refractivity contribution in [1.29, 1.82) is 0 Å². The maximum atomic E-state index is 5.43. The molecular weight excluding hydrogens is 212 g/mol. The van der Waals surface area contributed by atoms with Crippen LogP contribution in [0.15, 0.2) is 0 Å². The van der Waals surface area contributed by atoms with Gasteiger partial charge < -0.3 is 15.0 Å². The molecule has 2 aliphatic rings. The van der Waals surface area contributed by atoms with Crippen LogP contribution in [0.1, 0.15) is 39.5 Å². The van der Waals surface area contributed by atoms with E-state index in [1.165, 1.54) is 51.9 Å². The number of ether oxygens (including phenoxy) is 1. The molecule has 0 amide bonds. The van der Waals surface area contributed by atoms with Gasteiger partial charge in [0.2, 0.25) is 0 Å². The number of nitrogens with one attached hydrogen (secondary N) is 1. The van der Waals surface area contributed by atoms with E-state index < -0.39 is 0 Å². The fraction of sp³-hybridized carbons (Fsp3) is 1.00. The Morgan fingerprint density at radius 2 is 2.00 bits per heavy atom. The Morgan fingerprint density at radius 1 is 1.29 bits per heavy atom. The standard InChI is InChI=1S/C14H28N2O/c1-14(2)7-4-8-15-13(14)11-16-9-5-12(17-3)6-10-16/h12-13,15H,4-11H2,1-3H3. The number of piperidine rings is 2. The molecule has 1 unspecified atom stereocenters. The Morgan fingerprint density at radius 3 is 2.59 bits per heavy atom. The largest absolute Gasteiger partial charge is 0.381 e. The maximum Gasteiger partial charge on any atom is 0.0595 e. The summed E-state index contributed by atoms with van der Waals surface area (Å²) in [5, 5.41) is 3.71. The van der Waals surface area contributed by atoms with E-state index in [4.69, 9.17) is 4.74 Å². The van der Waals surface area contributed by atoms with E-state index in [1.54, 1.807) is 0 Å². The SMILES string of the molecule is COC1CCN(CC2NCCCC2(C)C)CC1. The van der Waals surface area contributed by atoms with Gasteiger partial charge in [0.1, 0.15) is 0 Å². The van der Waals surface area contributed by atoms with Gasteiger partial charge in [0.05, 0.1) is 6.10 Å². The highest BCUT2D eigenvalue weighted by Gasteiger charge is 2.33. The van der Waals surface area contributed by atoms with E-state index >= 15 is 0 Å². The van der Waals surface area contributed by atoms with Crippen LogP contribution in [0.5, 0.6) is 0 Å². The van der Waals surface area contributed by atoms with Crippen LogP contribution in [-0.2, 0) is 4.74 Å². The van der Waals surface area contributed by atoms with Gasteiger partial charge in [-0.3, -0.25) is 0 Å². The molecule has 0 bridgehead atoms. The van der Waals surface area contributed by atoms with E-state index in [-0.39, 0.29) is 0 Å². The van der Waals surface area contributed by atoms with Crippen molar-refractivity contribution in [2.24, 2.45) is 5.41 Å². The smallest absolute Gasteiger partial charge is 0.0595 e. The summed E-state index contributed by atoms with van der Waals surface area (Å²) in [6, 6.07) is 0.662. The van der Waals surface area contributed by atoms with E-state index in [1.807, 2.05) is 7.11 Å². The number of rotatable bonds is 3. The first kappa shape index (κ1) is 13.3. The number of hydrogen-bond acceptors (Lipinski definition) is 3. The number of methoxy groups -OCH3 is 1. The van der Waals surface area contributed by atoms with Gasteiger partial charge in [-0.05, 0) is 37.6 Å². The molecule has 1 N–H and O–H groups in total. The minimum atomic E-state index is 0.455. The molecule has 100 valence electrons. The van der Waals surface area contributed by atoms with Crippen molar-refractivity contribution in [2.45, 2.75) is 51.7 Å². The Balaban J connectivity index is 1.80. The Hall–Kier alpha value is -0.120. The molecule has 1 atom stereocenters. The number of likely N-dealkylation sites (tertiary alicyclic amines) is 1. The predicted octanol–water partition coefficient (Wildman–Crippen LogP) is 1.88. The summed E-state index contributed by atoms with van der Waals surface area (Å²) in [5.74, 6) is 0. The summed E-state index contributed by atoms with van der Waals surface area (Å²) >= 11 is 0. The lowest BCUT2D eigenvalue weighted by Crippen LogP contribution is -2.54. The van der Waals surface area contributed by atoms with Crippen LogP contribution in [0.3, 0.4) is 0 Å². The van der Waals surface area contributed by atoms with Gasteiger partial charge in [-0.2, -0.15) is 0 Å². The molecule has 3 nitrogen and oxygen atoms in total. The quantitative estimate of drug-likeness (QED) is 0.815. The van der Waals surface area contributed by atoms with Crippen molar-refractivity contribution in [1.82, 2.24) is 10.2 Å². The van der Waals surface area contributed by atoms with Gasteiger partial charge in [-0.15, -0.1) is 0 Å². The molecule has 2 saturated heterocycles. The van der Waals surface area contributed by atoms with Crippen LogP contribution in [0.2, 0.25) is 0 Å². The summed E-state index contributed by atoms with van der Waals surface area (Å²) in [4.78, 5) is 2.61. The number of nitrogens with zero attached hydrogens (tertiary/aromatic N) is 1. The fourth-order valence-electron chi connectivity index (χ4n) is 3.17. The predicted molar refractivity (Wildman–Crippen MR) is 71.3 cm³/mol. The summed E-state index contributed by atoms with van der Waals surface area (Å²) in [6.45, 7) is 9.63.